The van der Waals surface area contributed by atoms with Crippen molar-refractivity contribution in [2.45, 2.75) is 40.5 Å². The van der Waals surface area contributed by atoms with Crippen molar-refractivity contribution in [2.24, 2.45) is 11.1 Å². The highest BCUT2D eigenvalue weighted by molar-refractivity contribution is 5.82. The number of ether oxygens (including phenoxy) is 1. The van der Waals surface area contributed by atoms with Crippen molar-refractivity contribution in [3.63, 3.8) is 0 Å². The zero-order valence-electron chi connectivity index (χ0n) is 11.9. The summed E-state index contributed by atoms with van der Waals surface area (Å²) in [6.07, 6.45) is 2.04. The highest BCUT2D eigenvalue weighted by Gasteiger charge is 2.21. The van der Waals surface area contributed by atoms with Gasteiger partial charge >= 0.3 is 0 Å². The predicted octanol–water partition coefficient (Wildman–Crippen LogP) is 2.09. The lowest BCUT2D eigenvalue weighted by atomic mass is 9.86. The quantitative estimate of drug-likeness (QED) is 0.351. The molecule has 0 aromatic rings. The van der Waals surface area contributed by atoms with Crippen LogP contribution in [-0.2, 0) is 4.74 Å². The third-order valence-corrected chi connectivity index (χ3v) is 3.21. The van der Waals surface area contributed by atoms with Gasteiger partial charge in [0.25, 0.3) is 0 Å². The van der Waals surface area contributed by atoms with E-state index >= 15 is 0 Å². The molecule has 102 valence electrons. The SMILES string of the molecule is CCOCCN(CC)CCCC(C)(C)C(=N)N. The van der Waals surface area contributed by atoms with Gasteiger partial charge in [-0.05, 0) is 32.9 Å². The zero-order chi connectivity index (χ0) is 13.3. The Hall–Kier alpha value is -0.610. The van der Waals surface area contributed by atoms with Gasteiger partial charge in [-0.25, -0.2) is 0 Å². The fourth-order valence-corrected chi connectivity index (χ4v) is 1.65. The van der Waals surface area contributed by atoms with Crippen LogP contribution in [0.1, 0.15) is 40.5 Å². The molecule has 0 aliphatic rings. The summed E-state index contributed by atoms with van der Waals surface area (Å²) in [5.41, 5.74) is 5.40. The van der Waals surface area contributed by atoms with Gasteiger partial charge in [0, 0.05) is 18.6 Å². The molecular weight excluding hydrogens is 214 g/mol. The van der Waals surface area contributed by atoms with Crippen LogP contribution in [0.2, 0.25) is 0 Å². The smallest absolute Gasteiger partial charge is 0.0963 e. The lowest BCUT2D eigenvalue weighted by Crippen LogP contribution is -2.33. The lowest BCUT2D eigenvalue weighted by Gasteiger charge is -2.25. The molecule has 3 N–H and O–H groups in total. The number of hydrogen-bond acceptors (Lipinski definition) is 3. The molecule has 0 aliphatic carbocycles. The molecule has 17 heavy (non-hydrogen) atoms. The number of nitrogens with two attached hydrogens (primary N) is 1. The molecule has 0 aliphatic heterocycles. The van der Waals surface area contributed by atoms with E-state index in [1.54, 1.807) is 0 Å². The van der Waals surface area contributed by atoms with Crippen LogP contribution in [-0.4, -0.2) is 43.6 Å². The molecule has 0 saturated carbocycles. The van der Waals surface area contributed by atoms with Crippen LogP contribution in [0.3, 0.4) is 0 Å². The van der Waals surface area contributed by atoms with Gasteiger partial charge < -0.3 is 15.4 Å². The molecule has 0 fully saturated rings. The molecule has 0 aromatic carbocycles. The van der Waals surface area contributed by atoms with Gasteiger partial charge in [-0.3, -0.25) is 5.41 Å². The molecule has 0 heterocycles. The Morgan fingerprint density at radius 2 is 1.94 bits per heavy atom. The Morgan fingerprint density at radius 3 is 2.41 bits per heavy atom. The number of likely N-dealkylation sites (N-methyl/N-ethyl adjacent to an activating group) is 1. The monoisotopic (exact) mass is 243 g/mol. The zero-order valence-corrected chi connectivity index (χ0v) is 11.9. The fraction of sp³-hybridized carbons (Fsp3) is 0.923. The molecule has 0 spiro atoms. The van der Waals surface area contributed by atoms with Crippen LogP contribution in [0.15, 0.2) is 0 Å². The lowest BCUT2D eigenvalue weighted by molar-refractivity contribution is 0.114. The number of hydrogen-bond donors (Lipinski definition) is 2. The van der Waals surface area contributed by atoms with E-state index in [4.69, 9.17) is 15.9 Å². The van der Waals surface area contributed by atoms with E-state index in [0.29, 0.717) is 0 Å². The first kappa shape index (κ1) is 16.4. The summed E-state index contributed by atoms with van der Waals surface area (Å²) >= 11 is 0. The van der Waals surface area contributed by atoms with E-state index in [2.05, 4.69) is 11.8 Å². The minimum Gasteiger partial charge on any atom is -0.387 e. The first-order valence-electron chi connectivity index (χ1n) is 6.58. The number of amidine groups is 1. The third kappa shape index (κ3) is 7.34. The maximum Gasteiger partial charge on any atom is 0.0963 e. The number of nitrogens with zero attached hydrogens (tertiary/aromatic N) is 1. The third-order valence-electron chi connectivity index (χ3n) is 3.21. The van der Waals surface area contributed by atoms with Gasteiger partial charge in [-0.15, -0.1) is 0 Å². The highest BCUT2D eigenvalue weighted by Crippen LogP contribution is 2.21. The van der Waals surface area contributed by atoms with Crippen molar-refractivity contribution in [3.8, 4) is 0 Å². The van der Waals surface area contributed by atoms with E-state index in [0.717, 1.165) is 45.7 Å². The molecule has 0 atom stereocenters. The van der Waals surface area contributed by atoms with Crippen molar-refractivity contribution < 1.29 is 4.74 Å². The van der Waals surface area contributed by atoms with E-state index < -0.39 is 0 Å². The molecule has 0 aromatic heterocycles. The van der Waals surface area contributed by atoms with Gasteiger partial charge in [0.05, 0.1) is 12.4 Å². The number of rotatable bonds is 10. The van der Waals surface area contributed by atoms with E-state index in [1.807, 2.05) is 20.8 Å². The van der Waals surface area contributed by atoms with Crippen molar-refractivity contribution in [3.05, 3.63) is 0 Å². The summed E-state index contributed by atoms with van der Waals surface area (Å²) in [6.45, 7) is 12.9. The summed E-state index contributed by atoms with van der Waals surface area (Å²) in [5.74, 6) is 0.287. The Morgan fingerprint density at radius 1 is 1.29 bits per heavy atom. The first-order chi connectivity index (χ1) is 7.94. The second-order valence-electron chi connectivity index (χ2n) is 5.03. The average molecular weight is 243 g/mol. The number of nitrogens with one attached hydrogen (secondary N) is 1. The van der Waals surface area contributed by atoms with Gasteiger partial charge in [0.15, 0.2) is 0 Å². The van der Waals surface area contributed by atoms with Crippen molar-refractivity contribution in [1.82, 2.24) is 4.90 Å². The molecule has 0 saturated heterocycles. The molecule has 0 unspecified atom stereocenters. The topological polar surface area (TPSA) is 62.3 Å². The first-order valence-corrected chi connectivity index (χ1v) is 6.58. The molecule has 0 radical (unpaired) electrons. The Kier molecular flexibility index (Phi) is 8.17. The molecule has 4 nitrogen and oxygen atoms in total. The largest absolute Gasteiger partial charge is 0.387 e. The standard InChI is InChI=1S/C13H29N3O/c1-5-16(10-11-17-6-2)9-7-8-13(3,4)12(14)15/h5-11H2,1-4H3,(H3,14,15). The van der Waals surface area contributed by atoms with Crippen molar-refractivity contribution in [1.29, 1.82) is 5.41 Å². The molecule has 0 amide bonds. The summed E-state index contributed by atoms with van der Waals surface area (Å²) in [7, 11) is 0. The normalized spacial score (nSPS) is 12.1. The fourth-order valence-electron chi connectivity index (χ4n) is 1.65. The summed E-state index contributed by atoms with van der Waals surface area (Å²) in [4.78, 5) is 2.38. The minimum absolute atomic E-state index is 0.167. The van der Waals surface area contributed by atoms with Crippen molar-refractivity contribution in [2.75, 3.05) is 32.8 Å². The summed E-state index contributed by atoms with van der Waals surface area (Å²) in [6, 6.07) is 0. The second-order valence-corrected chi connectivity index (χ2v) is 5.03. The van der Waals surface area contributed by atoms with Crippen LogP contribution < -0.4 is 5.73 Å². The van der Waals surface area contributed by atoms with Gasteiger partial charge in [-0.2, -0.15) is 0 Å². The van der Waals surface area contributed by atoms with Crippen LogP contribution in [0, 0.1) is 10.8 Å². The summed E-state index contributed by atoms with van der Waals surface area (Å²) in [5, 5.41) is 7.51. The maximum atomic E-state index is 7.51. The highest BCUT2D eigenvalue weighted by atomic mass is 16.5. The van der Waals surface area contributed by atoms with Gasteiger partial charge in [0.1, 0.15) is 0 Å². The summed E-state index contributed by atoms with van der Waals surface area (Å²) < 4.78 is 5.36. The van der Waals surface area contributed by atoms with Gasteiger partial charge in [-0.1, -0.05) is 20.8 Å². The molecule has 0 bridgehead atoms. The Bertz CT molecular complexity index is 217. The van der Waals surface area contributed by atoms with Crippen LogP contribution in [0.4, 0.5) is 0 Å². The minimum atomic E-state index is -0.167. The Labute approximate surface area is 106 Å². The molecule has 0 rings (SSSR count). The van der Waals surface area contributed by atoms with Crippen LogP contribution in [0.5, 0.6) is 0 Å². The Balaban J connectivity index is 3.80. The molecular formula is C13H29N3O. The van der Waals surface area contributed by atoms with Crippen molar-refractivity contribution >= 4 is 5.84 Å². The van der Waals surface area contributed by atoms with E-state index in [9.17, 15) is 0 Å². The van der Waals surface area contributed by atoms with Crippen LogP contribution in [0.25, 0.3) is 0 Å². The average Bonchev–Trinajstić information content (AvgIpc) is 2.26. The van der Waals surface area contributed by atoms with E-state index in [-0.39, 0.29) is 11.3 Å². The van der Waals surface area contributed by atoms with Gasteiger partial charge in [0.2, 0.25) is 0 Å². The molecule has 4 heteroatoms. The maximum absolute atomic E-state index is 7.51. The van der Waals surface area contributed by atoms with E-state index in [1.165, 1.54) is 0 Å². The predicted molar refractivity (Wildman–Crippen MR) is 73.5 cm³/mol. The van der Waals surface area contributed by atoms with Crippen LogP contribution >= 0.6 is 0 Å². The second kappa shape index (κ2) is 8.48.